The molecule has 0 bridgehead atoms. The number of hydrogen-bond donors (Lipinski definition) is 0. The third-order valence-corrected chi connectivity index (χ3v) is 5.67. The minimum Gasteiger partial charge on any atom is -0.406 e. The van der Waals surface area contributed by atoms with Crippen molar-refractivity contribution in [3.8, 4) is 5.75 Å². The average Bonchev–Trinajstić information content (AvgIpc) is 2.97. The molecule has 1 aromatic heterocycles. The SMILES string of the molecule is CC(C)c1ccc(S(=O)(=O)n2ccc3cc(OC(F)(F)F)ccc32)cc1. The summed E-state index contributed by atoms with van der Waals surface area (Å²) < 4.78 is 67.6. The average molecular weight is 383 g/mol. The fourth-order valence-corrected chi connectivity index (χ4v) is 3.99. The number of benzene rings is 2. The molecule has 0 radical (unpaired) electrons. The van der Waals surface area contributed by atoms with Crippen LogP contribution in [-0.2, 0) is 10.0 Å². The van der Waals surface area contributed by atoms with Crippen LogP contribution in [0.25, 0.3) is 10.9 Å². The van der Waals surface area contributed by atoms with Crippen molar-refractivity contribution in [3.05, 3.63) is 60.3 Å². The van der Waals surface area contributed by atoms with Gasteiger partial charge in [0.15, 0.2) is 0 Å². The summed E-state index contributed by atoms with van der Waals surface area (Å²) in [7, 11) is -3.86. The van der Waals surface area contributed by atoms with Gasteiger partial charge in [-0.05, 0) is 47.9 Å². The van der Waals surface area contributed by atoms with E-state index in [4.69, 9.17) is 0 Å². The Labute approximate surface area is 148 Å². The molecule has 0 aliphatic carbocycles. The second-order valence-electron chi connectivity index (χ2n) is 6.11. The van der Waals surface area contributed by atoms with Crippen LogP contribution < -0.4 is 4.74 Å². The Kier molecular flexibility index (Phi) is 4.47. The van der Waals surface area contributed by atoms with Gasteiger partial charge in [0, 0.05) is 11.6 Å². The third-order valence-electron chi connectivity index (χ3n) is 3.96. The standard InChI is InChI=1S/C18H16F3NO3S/c1-12(2)13-3-6-16(7-4-13)26(23,24)22-10-9-14-11-15(5-8-17(14)22)25-18(19,20)21/h3-12H,1-2H3. The lowest BCUT2D eigenvalue weighted by Crippen LogP contribution is -2.17. The molecule has 0 spiro atoms. The van der Waals surface area contributed by atoms with Crippen molar-refractivity contribution in [3.63, 3.8) is 0 Å². The first-order valence-corrected chi connectivity index (χ1v) is 9.24. The first-order valence-electron chi connectivity index (χ1n) is 7.80. The first kappa shape index (κ1) is 18.3. The predicted molar refractivity (Wildman–Crippen MR) is 91.7 cm³/mol. The molecule has 0 saturated heterocycles. The van der Waals surface area contributed by atoms with Crippen molar-refractivity contribution in [1.82, 2.24) is 3.97 Å². The second-order valence-corrected chi connectivity index (χ2v) is 7.92. The lowest BCUT2D eigenvalue weighted by molar-refractivity contribution is -0.274. The van der Waals surface area contributed by atoms with E-state index in [2.05, 4.69) is 4.74 Å². The highest BCUT2D eigenvalue weighted by molar-refractivity contribution is 7.90. The van der Waals surface area contributed by atoms with Gasteiger partial charge in [-0.15, -0.1) is 13.2 Å². The molecule has 3 rings (SSSR count). The van der Waals surface area contributed by atoms with Crippen molar-refractivity contribution in [2.24, 2.45) is 0 Å². The first-order chi connectivity index (χ1) is 12.1. The lowest BCUT2D eigenvalue weighted by Gasteiger charge is -2.11. The van der Waals surface area contributed by atoms with Crippen LogP contribution in [0.3, 0.4) is 0 Å². The van der Waals surface area contributed by atoms with E-state index in [1.807, 2.05) is 13.8 Å². The molecule has 0 unspecified atom stereocenters. The second kappa shape index (κ2) is 6.35. The van der Waals surface area contributed by atoms with E-state index in [1.165, 1.54) is 30.5 Å². The maximum absolute atomic E-state index is 12.9. The van der Waals surface area contributed by atoms with Crippen molar-refractivity contribution in [2.75, 3.05) is 0 Å². The van der Waals surface area contributed by atoms with Crippen LogP contribution in [-0.4, -0.2) is 18.8 Å². The minimum absolute atomic E-state index is 0.106. The molecule has 0 amide bonds. The Bertz CT molecular complexity index is 1040. The zero-order valence-electron chi connectivity index (χ0n) is 14.0. The molecular formula is C18H16F3NO3S. The number of nitrogens with zero attached hydrogens (tertiary/aromatic N) is 1. The smallest absolute Gasteiger partial charge is 0.406 e. The van der Waals surface area contributed by atoms with E-state index in [0.29, 0.717) is 5.39 Å². The zero-order valence-corrected chi connectivity index (χ0v) is 14.8. The Morgan fingerprint density at radius 2 is 1.65 bits per heavy atom. The number of aromatic nitrogens is 1. The summed E-state index contributed by atoms with van der Waals surface area (Å²) in [6.45, 7) is 4.01. The number of alkyl halides is 3. The zero-order chi connectivity index (χ0) is 19.1. The molecular weight excluding hydrogens is 367 g/mol. The molecule has 8 heteroatoms. The van der Waals surface area contributed by atoms with E-state index in [-0.39, 0.29) is 16.3 Å². The highest BCUT2D eigenvalue weighted by Gasteiger charge is 2.31. The Hall–Kier alpha value is -2.48. The van der Waals surface area contributed by atoms with Gasteiger partial charge in [-0.25, -0.2) is 12.4 Å². The summed E-state index contributed by atoms with van der Waals surface area (Å²) in [5.41, 5.74) is 1.28. The molecule has 0 aliphatic heterocycles. The molecule has 0 fully saturated rings. The van der Waals surface area contributed by atoms with Gasteiger partial charge in [0.05, 0.1) is 10.4 Å². The summed E-state index contributed by atoms with van der Waals surface area (Å²) in [6.07, 6.45) is -3.49. The molecule has 0 N–H and O–H groups in total. The highest BCUT2D eigenvalue weighted by Crippen LogP contribution is 2.29. The fraction of sp³-hybridized carbons (Fsp3) is 0.222. The monoisotopic (exact) mass is 383 g/mol. The Morgan fingerprint density at radius 1 is 1.00 bits per heavy atom. The van der Waals surface area contributed by atoms with Crippen molar-refractivity contribution >= 4 is 20.9 Å². The fourth-order valence-electron chi connectivity index (χ4n) is 2.64. The van der Waals surface area contributed by atoms with Crippen LogP contribution in [0.2, 0.25) is 0 Å². The number of rotatable bonds is 4. The van der Waals surface area contributed by atoms with E-state index in [0.717, 1.165) is 21.7 Å². The maximum Gasteiger partial charge on any atom is 0.573 e. The van der Waals surface area contributed by atoms with Gasteiger partial charge >= 0.3 is 6.36 Å². The minimum atomic E-state index is -4.81. The summed E-state index contributed by atoms with van der Waals surface area (Å²) in [5.74, 6) is -0.132. The Morgan fingerprint density at radius 3 is 2.23 bits per heavy atom. The van der Waals surface area contributed by atoms with Gasteiger partial charge in [-0.1, -0.05) is 26.0 Å². The highest BCUT2D eigenvalue weighted by atomic mass is 32.2. The maximum atomic E-state index is 12.9. The molecule has 26 heavy (non-hydrogen) atoms. The van der Waals surface area contributed by atoms with Crippen LogP contribution in [0, 0.1) is 0 Å². The van der Waals surface area contributed by atoms with E-state index < -0.39 is 22.1 Å². The van der Waals surface area contributed by atoms with Gasteiger partial charge in [0.1, 0.15) is 5.75 Å². The topological polar surface area (TPSA) is 48.3 Å². The van der Waals surface area contributed by atoms with Crippen LogP contribution in [0.5, 0.6) is 5.75 Å². The lowest BCUT2D eigenvalue weighted by atomic mass is 10.0. The Balaban J connectivity index is 2.01. The molecule has 2 aromatic carbocycles. The van der Waals surface area contributed by atoms with Gasteiger partial charge in [0.2, 0.25) is 0 Å². The largest absolute Gasteiger partial charge is 0.573 e. The molecule has 138 valence electrons. The number of fused-ring (bicyclic) bond motifs is 1. The van der Waals surface area contributed by atoms with Gasteiger partial charge < -0.3 is 4.74 Å². The summed E-state index contributed by atoms with van der Waals surface area (Å²) >= 11 is 0. The normalized spacial score (nSPS) is 12.7. The summed E-state index contributed by atoms with van der Waals surface area (Å²) in [5, 5.41) is 0.328. The van der Waals surface area contributed by atoms with Crippen LogP contribution >= 0.6 is 0 Å². The predicted octanol–water partition coefficient (Wildman–Crippen LogP) is 4.90. The summed E-state index contributed by atoms with van der Waals surface area (Å²) in [6, 6.07) is 11.5. The van der Waals surface area contributed by atoms with Gasteiger partial charge in [-0.2, -0.15) is 0 Å². The van der Waals surface area contributed by atoms with E-state index >= 15 is 0 Å². The van der Waals surface area contributed by atoms with Crippen LogP contribution in [0.15, 0.2) is 59.6 Å². The molecule has 0 saturated carbocycles. The molecule has 4 nitrogen and oxygen atoms in total. The van der Waals surface area contributed by atoms with Crippen LogP contribution in [0.1, 0.15) is 25.3 Å². The number of ether oxygens (including phenoxy) is 1. The van der Waals surface area contributed by atoms with Gasteiger partial charge in [-0.3, -0.25) is 0 Å². The third kappa shape index (κ3) is 3.55. The molecule has 1 heterocycles. The van der Waals surface area contributed by atoms with Gasteiger partial charge in [0.25, 0.3) is 10.0 Å². The molecule has 0 atom stereocenters. The van der Waals surface area contributed by atoms with E-state index in [9.17, 15) is 21.6 Å². The quantitative estimate of drug-likeness (QED) is 0.644. The van der Waals surface area contributed by atoms with E-state index in [1.54, 1.807) is 12.1 Å². The number of hydrogen-bond acceptors (Lipinski definition) is 3. The van der Waals surface area contributed by atoms with Crippen molar-refractivity contribution < 1.29 is 26.3 Å². The van der Waals surface area contributed by atoms with Crippen LogP contribution in [0.4, 0.5) is 13.2 Å². The molecule has 3 aromatic rings. The van der Waals surface area contributed by atoms with Crippen molar-refractivity contribution in [1.29, 1.82) is 0 Å². The summed E-state index contributed by atoms with van der Waals surface area (Å²) in [4.78, 5) is 0.106. The van der Waals surface area contributed by atoms with Crippen molar-refractivity contribution in [2.45, 2.75) is 31.0 Å². The number of halogens is 3. The molecule has 0 aliphatic rings.